The quantitative estimate of drug-likeness (QED) is 0.542. The lowest BCUT2D eigenvalue weighted by Crippen LogP contribution is -2.30. The fourth-order valence-electron chi connectivity index (χ4n) is 2.95. The minimum absolute atomic E-state index is 0.222. The minimum Gasteiger partial charge on any atom is -0.495 e. The fourth-order valence-corrected chi connectivity index (χ4v) is 2.95. The molecule has 2 aromatic rings. The van der Waals surface area contributed by atoms with Gasteiger partial charge in [-0.3, -0.25) is 0 Å². The third-order valence-corrected chi connectivity index (χ3v) is 4.07. The largest absolute Gasteiger partial charge is 0.495 e. The van der Waals surface area contributed by atoms with Crippen molar-refractivity contribution in [1.29, 1.82) is 0 Å². The van der Waals surface area contributed by atoms with Gasteiger partial charge in [0.25, 0.3) is 0 Å². The molecule has 24 heavy (non-hydrogen) atoms. The van der Waals surface area contributed by atoms with Crippen molar-refractivity contribution in [3.63, 3.8) is 0 Å². The third-order valence-electron chi connectivity index (χ3n) is 4.07. The van der Waals surface area contributed by atoms with Crippen LogP contribution in [0.2, 0.25) is 0 Å². The Hall–Kier alpha value is -2.48. The molecule has 1 atom stereocenters. The van der Waals surface area contributed by atoms with Crippen LogP contribution in [0.3, 0.4) is 0 Å². The molecule has 0 radical (unpaired) electrons. The Labute approximate surface area is 146 Å². The second-order valence-electron chi connectivity index (χ2n) is 6.03. The van der Waals surface area contributed by atoms with E-state index in [0.717, 1.165) is 30.8 Å². The van der Waals surface area contributed by atoms with Crippen LogP contribution in [0, 0.1) is 0 Å². The average molecular weight is 321 g/mol. The monoisotopic (exact) mass is 321 g/mol. The number of para-hydroxylation sites is 2. The molecule has 0 N–H and O–H groups in total. The number of hydrogen-bond acceptors (Lipinski definition) is 2. The predicted octanol–water partition coefficient (Wildman–Crippen LogP) is 5.79. The van der Waals surface area contributed by atoms with Crippen molar-refractivity contribution in [2.24, 2.45) is 0 Å². The Kier molecular flexibility index (Phi) is 6.68. The van der Waals surface area contributed by atoms with Crippen molar-refractivity contribution >= 4 is 5.69 Å². The first-order valence-electron chi connectivity index (χ1n) is 8.37. The van der Waals surface area contributed by atoms with Gasteiger partial charge in [0.2, 0.25) is 0 Å². The molecule has 1 unspecified atom stereocenters. The Morgan fingerprint density at radius 1 is 1.12 bits per heavy atom. The van der Waals surface area contributed by atoms with Gasteiger partial charge in [-0.1, -0.05) is 54.1 Å². The summed E-state index contributed by atoms with van der Waals surface area (Å²) in [4.78, 5) is 2.41. The van der Waals surface area contributed by atoms with E-state index < -0.39 is 0 Å². The average Bonchev–Trinajstić information content (AvgIpc) is 2.61. The molecule has 0 heterocycles. The van der Waals surface area contributed by atoms with Gasteiger partial charge in [-0.25, -0.2) is 0 Å². The Morgan fingerprint density at radius 2 is 1.79 bits per heavy atom. The zero-order valence-corrected chi connectivity index (χ0v) is 14.7. The lowest BCUT2D eigenvalue weighted by molar-refractivity contribution is 0.412. The Balaban J connectivity index is 2.48. The lowest BCUT2D eigenvalue weighted by Gasteiger charge is -2.35. The van der Waals surface area contributed by atoms with Crippen LogP contribution in [0.1, 0.15) is 31.4 Å². The molecule has 0 aromatic heterocycles. The van der Waals surface area contributed by atoms with Crippen LogP contribution >= 0.6 is 0 Å². The number of nitrogens with zero attached hydrogens (tertiary/aromatic N) is 1. The maximum Gasteiger partial charge on any atom is 0.142 e. The van der Waals surface area contributed by atoms with Gasteiger partial charge in [-0.2, -0.15) is 0 Å². The Bertz CT molecular complexity index is 663. The summed E-state index contributed by atoms with van der Waals surface area (Å²) >= 11 is 0. The summed E-state index contributed by atoms with van der Waals surface area (Å²) in [6.07, 6.45) is 3.78. The van der Waals surface area contributed by atoms with Gasteiger partial charge in [0, 0.05) is 6.54 Å². The molecule has 0 aliphatic carbocycles. The number of hydrogen-bond donors (Lipinski definition) is 0. The van der Waals surface area contributed by atoms with E-state index in [1.165, 1.54) is 11.1 Å². The molecule has 0 saturated carbocycles. The summed E-state index contributed by atoms with van der Waals surface area (Å²) in [5, 5.41) is 0. The SMILES string of the molecule is C=CCCN(c1ccccc1OC)C(CC(=C)C)c1ccccc1. The molecular formula is C22H27NO. The van der Waals surface area contributed by atoms with Gasteiger partial charge in [-0.15, -0.1) is 13.2 Å². The first-order valence-corrected chi connectivity index (χ1v) is 8.37. The van der Waals surface area contributed by atoms with Gasteiger partial charge < -0.3 is 9.64 Å². The highest BCUT2D eigenvalue weighted by Gasteiger charge is 2.22. The molecule has 0 spiro atoms. The van der Waals surface area contributed by atoms with E-state index in [2.05, 4.69) is 67.4 Å². The first-order chi connectivity index (χ1) is 11.7. The maximum atomic E-state index is 5.61. The van der Waals surface area contributed by atoms with Crippen LogP contribution < -0.4 is 9.64 Å². The molecule has 0 saturated heterocycles. The van der Waals surface area contributed by atoms with Crippen LogP contribution in [-0.2, 0) is 0 Å². The topological polar surface area (TPSA) is 12.5 Å². The fraction of sp³-hybridized carbons (Fsp3) is 0.273. The summed E-state index contributed by atoms with van der Waals surface area (Å²) in [5.41, 5.74) is 3.56. The van der Waals surface area contributed by atoms with E-state index in [4.69, 9.17) is 4.74 Å². The summed E-state index contributed by atoms with van der Waals surface area (Å²) in [6.45, 7) is 11.0. The van der Waals surface area contributed by atoms with Crippen molar-refractivity contribution in [2.75, 3.05) is 18.6 Å². The van der Waals surface area contributed by atoms with Crippen LogP contribution in [0.25, 0.3) is 0 Å². The molecule has 0 amide bonds. The molecule has 2 nitrogen and oxygen atoms in total. The summed E-state index contributed by atoms with van der Waals surface area (Å²) in [5.74, 6) is 0.893. The molecule has 2 heteroatoms. The first kappa shape index (κ1) is 17.9. The summed E-state index contributed by atoms with van der Waals surface area (Å²) in [7, 11) is 1.72. The third kappa shape index (κ3) is 4.51. The molecule has 126 valence electrons. The van der Waals surface area contributed by atoms with Gasteiger partial charge in [0.05, 0.1) is 18.8 Å². The van der Waals surface area contributed by atoms with Crippen LogP contribution in [-0.4, -0.2) is 13.7 Å². The van der Waals surface area contributed by atoms with E-state index in [9.17, 15) is 0 Å². The van der Waals surface area contributed by atoms with E-state index in [-0.39, 0.29) is 6.04 Å². The van der Waals surface area contributed by atoms with Gasteiger partial charge in [0.1, 0.15) is 5.75 Å². The molecule has 0 aliphatic rings. The second kappa shape index (κ2) is 8.97. The maximum absolute atomic E-state index is 5.61. The molecule has 2 aromatic carbocycles. The zero-order valence-electron chi connectivity index (χ0n) is 14.7. The zero-order chi connectivity index (χ0) is 17.4. The molecule has 0 fully saturated rings. The molecule has 0 bridgehead atoms. The van der Waals surface area contributed by atoms with E-state index >= 15 is 0 Å². The van der Waals surface area contributed by atoms with Crippen molar-refractivity contribution in [1.82, 2.24) is 0 Å². The number of anilines is 1. The molecule has 2 rings (SSSR count). The summed E-state index contributed by atoms with van der Waals surface area (Å²) in [6, 6.07) is 19.0. The van der Waals surface area contributed by atoms with Crippen LogP contribution in [0.5, 0.6) is 5.75 Å². The number of ether oxygens (including phenoxy) is 1. The van der Waals surface area contributed by atoms with E-state index in [0.29, 0.717) is 0 Å². The summed E-state index contributed by atoms with van der Waals surface area (Å²) < 4.78 is 5.61. The minimum atomic E-state index is 0.222. The molecular weight excluding hydrogens is 294 g/mol. The van der Waals surface area contributed by atoms with Crippen molar-refractivity contribution in [3.05, 3.63) is 85.0 Å². The highest BCUT2D eigenvalue weighted by Crippen LogP contribution is 2.37. The highest BCUT2D eigenvalue weighted by molar-refractivity contribution is 5.60. The lowest BCUT2D eigenvalue weighted by atomic mass is 9.97. The smallest absolute Gasteiger partial charge is 0.142 e. The normalized spacial score (nSPS) is 11.6. The van der Waals surface area contributed by atoms with Crippen molar-refractivity contribution < 1.29 is 4.74 Å². The number of benzene rings is 2. The number of rotatable bonds is 9. The molecule has 0 aliphatic heterocycles. The van der Waals surface area contributed by atoms with E-state index in [1.54, 1.807) is 7.11 Å². The number of methoxy groups -OCH3 is 1. The standard InChI is InChI=1S/C22H27NO/c1-5-6-16-23(20-14-10-11-15-22(20)24-4)21(17-18(2)3)19-12-8-7-9-13-19/h5,7-15,21H,1-2,6,16-17H2,3-4H3. The van der Waals surface area contributed by atoms with Crippen molar-refractivity contribution in [3.8, 4) is 5.75 Å². The second-order valence-corrected chi connectivity index (χ2v) is 6.03. The van der Waals surface area contributed by atoms with Gasteiger partial charge in [0.15, 0.2) is 0 Å². The van der Waals surface area contributed by atoms with Crippen LogP contribution in [0.4, 0.5) is 5.69 Å². The Morgan fingerprint density at radius 3 is 2.42 bits per heavy atom. The van der Waals surface area contributed by atoms with Gasteiger partial charge >= 0.3 is 0 Å². The van der Waals surface area contributed by atoms with Crippen molar-refractivity contribution in [2.45, 2.75) is 25.8 Å². The van der Waals surface area contributed by atoms with Gasteiger partial charge in [-0.05, 0) is 37.5 Å². The van der Waals surface area contributed by atoms with Crippen LogP contribution in [0.15, 0.2) is 79.4 Å². The highest BCUT2D eigenvalue weighted by atomic mass is 16.5. The van der Waals surface area contributed by atoms with E-state index in [1.807, 2.05) is 18.2 Å². The predicted molar refractivity (Wildman–Crippen MR) is 104 cm³/mol.